The Morgan fingerprint density at radius 3 is 2.36 bits per heavy atom. The van der Waals surface area contributed by atoms with Crippen LogP contribution in [0.25, 0.3) is 0 Å². The van der Waals surface area contributed by atoms with Gasteiger partial charge in [0.25, 0.3) is 0 Å². The highest BCUT2D eigenvalue weighted by Gasteiger charge is 2.07. The largest absolute Gasteiger partial charge is 0.489 e. The van der Waals surface area contributed by atoms with E-state index in [-0.39, 0.29) is 0 Å². The summed E-state index contributed by atoms with van der Waals surface area (Å²) in [4.78, 5) is 4.32. The first-order valence-corrected chi connectivity index (χ1v) is 8.21. The fraction of sp³-hybridized carbons (Fsp3) is 0.167. The average molecular weight is 404 g/mol. The first kappa shape index (κ1) is 15.1. The van der Waals surface area contributed by atoms with E-state index in [1.807, 2.05) is 43.7 Å². The zero-order valence-electron chi connectivity index (χ0n) is 12.4. The first-order chi connectivity index (χ1) is 10.7. The maximum Gasteiger partial charge on any atom is 0.122 e. The second kappa shape index (κ2) is 6.96. The van der Waals surface area contributed by atoms with Crippen LogP contribution in [0.15, 0.2) is 60.9 Å². The van der Waals surface area contributed by atoms with Gasteiger partial charge < -0.3 is 9.30 Å². The Bertz CT molecular complexity index is 716. The van der Waals surface area contributed by atoms with Gasteiger partial charge in [0.1, 0.15) is 16.1 Å². The molecular weight excluding hydrogens is 387 g/mol. The standard InChI is InChI=1S/C18H17IN2O/c1-21-13-20-18(19)17(21)11-14-7-9-16(10-8-14)22-12-15-5-3-2-4-6-15/h2-10,13H,11-12H2,1H3. The Balaban J connectivity index is 1.63. The molecule has 0 spiro atoms. The average Bonchev–Trinajstić information content (AvgIpc) is 2.87. The number of imidazole rings is 1. The van der Waals surface area contributed by atoms with E-state index in [4.69, 9.17) is 4.74 Å². The van der Waals surface area contributed by atoms with Gasteiger partial charge >= 0.3 is 0 Å². The van der Waals surface area contributed by atoms with Gasteiger partial charge in [-0.05, 0) is 45.9 Å². The van der Waals surface area contributed by atoms with E-state index in [9.17, 15) is 0 Å². The van der Waals surface area contributed by atoms with Crippen LogP contribution in [0.1, 0.15) is 16.8 Å². The number of benzene rings is 2. The molecule has 0 aliphatic carbocycles. The lowest BCUT2D eigenvalue weighted by Gasteiger charge is -2.08. The van der Waals surface area contributed by atoms with E-state index in [0.717, 1.165) is 15.9 Å². The SMILES string of the molecule is Cn1cnc(I)c1Cc1ccc(OCc2ccccc2)cc1. The van der Waals surface area contributed by atoms with Gasteiger partial charge in [-0.3, -0.25) is 0 Å². The Morgan fingerprint density at radius 1 is 1.00 bits per heavy atom. The Hall–Kier alpha value is -1.82. The summed E-state index contributed by atoms with van der Waals surface area (Å²) in [5.41, 5.74) is 3.67. The molecule has 0 bridgehead atoms. The number of hydrogen-bond acceptors (Lipinski definition) is 2. The normalized spacial score (nSPS) is 10.6. The molecule has 2 aromatic carbocycles. The molecule has 0 saturated heterocycles. The minimum atomic E-state index is 0.597. The molecule has 0 N–H and O–H groups in total. The van der Waals surface area contributed by atoms with Crippen LogP contribution in [0, 0.1) is 3.70 Å². The topological polar surface area (TPSA) is 27.1 Å². The van der Waals surface area contributed by atoms with E-state index in [2.05, 4.69) is 56.4 Å². The molecule has 0 fully saturated rings. The fourth-order valence-electron chi connectivity index (χ4n) is 2.26. The molecule has 0 radical (unpaired) electrons. The Labute approximate surface area is 144 Å². The second-order valence-corrected chi connectivity index (χ2v) is 6.21. The summed E-state index contributed by atoms with van der Waals surface area (Å²) in [6, 6.07) is 18.5. The zero-order chi connectivity index (χ0) is 15.4. The minimum absolute atomic E-state index is 0.597. The van der Waals surface area contributed by atoms with Crippen molar-refractivity contribution in [3.8, 4) is 5.75 Å². The van der Waals surface area contributed by atoms with Crippen LogP contribution in [0.4, 0.5) is 0 Å². The molecule has 0 aliphatic heterocycles. The van der Waals surface area contributed by atoms with Gasteiger partial charge in [0.15, 0.2) is 0 Å². The lowest BCUT2D eigenvalue weighted by atomic mass is 10.1. The summed E-state index contributed by atoms with van der Waals surface area (Å²) in [6.45, 7) is 0.597. The van der Waals surface area contributed by atoms with Crippen LogP contribution in [0.5, 0.6) is 5.75 Å². The van der Waals surface area contributed by atoms with Gasteiger partial charge in [0.05, 0.1) is 12.0 Å². The molecule has 0 unspecified atom stereocenters. The molecule has 0 amide bonds. The van der Waals surface area contributed by atoms with Crippen molar-refractivity contribution >= 4 is 22.6 Å². The number of aryl methyl sites for hydroxylation is 1. The third-order valence-corrected chi connectivity index (χ3v) is 4.45. The van der Waals surface area contributed by atoms with E-state index in [1.165, 1.54) is 16.8 Å². The van der Waals surface area contributed by atoms with Crippen LogP contribution in [0.3, 0.4) is 0 Å². The van der Waals surface area contributed by atoms with Crippen molar-refractivity contribution in [1.82, 2.24) is 9.55 Å². The van der Waals surface area contributed by atoms with E-state index in [0.29, 0.717) is 6.61 Å². The second-order valence-electron chi connectivity index (χ2n) is 5.19. The molecular formula is C18H17IN2O. The van der Waals surface area contributed by atoms with Crippen LogP contribution >= 0.6 is 22.6 Å². The lowest BCUT2D eigenvalue weighted by molar-refractivity contribution is 0.306. The number of nitrogens with zero attached hydrogens (tertiary/aromatic N) is 2. The predicted octanol–water partition coefficient (Wildman–Crippen LogP) is 4.19. The molecule has 22 heavy (non-hydrogen) atoms. The van der Waals surface area contributed by atoms with Crippen molar-refractivity contribution in [2.75, 3.05) is 0 Å². The lowest BCUT2D eigenvalue weighted by Crippen LogP contribution is -1.99. The van der Waals surface area contributed by atoms with Crippen LogP contribution < -0.4 is 4.74 Å². The molecule has 1 aromatic heterocycles. The maximum absolute atomic E-state index is 5.81. The molecule has 3 rings (SSSR count). The monoisotopic (exact) mass is 404 g/mol. The summed E-state index contributed by atoms with van der Waals surface area (Å²) in [5.74, 6) is 0.896. The quantitative estimate of drug-likeness (QED) is 0.597. The maximum atomic E-state index is 5.81. The molecule has 4 heteroatoms. The van der Waals surface area contributed by atoms with Crippen molar-refractivity contribution in [2.45, 2.75) is 13.0 Å². The van der Waals surface area contributed by atoms with Crippen LogP contribution in [-0.2, 0) is 20.1 Å². The van der Waals surface area contributed by atoms with E-state index < -0.39 is 0 Å². The van der Waals surface area contributed by atoms with Crippen molar-refractivity contribution in [3.05, 3.63) is 81.4 Å². The van der Waals surface area contributed by atoms with Gasteiger partial charge in [-0.1, -0.05) is 42.5 Å². The number of ether oxygens (including phenoxy) is 1. The van der Waals surface area contributed by atoms with E-state index in [1.54, 1.807) is 0 Å². The van der Waals surface area contributed by atoms with E-state index >= 15 is 0 Å². The van der Waals surface area contributed by atoms with Crippen molar-refractivity contribution in [1.29, 1.82) is 0 Å². The molecule has 0 aliphatic rings. The van der Waals surface area contributed by atoms with Crippen molar-refractivity contribution < 1.29 is 4.74 Å². The highest BCUT2D eigenvalue weighted by atomic mass is 127. The van der Waals surface area contributed by atoms with Gasteiger partial charge in [0, 0.05) is 13.5 Å². The molecule has 0 saturated carbocycles. The van der Waals surface area contributed by atoms with Gasteiger partial charge in [-0.2, -0.15) is 0 Å². The molecule has 112 valence electrons. The number of hydrogen-bond donors (Lipinski definition) is 0. The molecule has 3 nitrogen and oxygen atoms in total. The molecule has 0 atom stereocenters. The van der Waals surface area contributed by atoms with Gasteiger partial charge in [-0.25, -0.2) is 4.98 Å². The molecule has 3 aromatic rings. The Kier molecular flexibility index (Phi) is 4.77. The summed E-state index contributed by atoms with van der Waals surface area (Å²) in [6.07, 6.45) is 2.74. The number of rotatable bonds is 5. The highest BCUT2D eigenvalue weighted by Crippen LogP contribution is 2.18. The summed E-state index contributed by atoms with van der Waals surface area (Å²) >= 11 is 2.28. The summed E-state index contributed by atoms with van der Waals surface area (Å²) in [5, 5.41) is 0. The van der Waals surface area contributed by atoms with Crippen molar-refractivity contribution in [2.24, 2.45) is 7.05 Å². The first-order valence-electron chi connectivity index (χ1n) is 7.14. The predicted molar refractivity (Wildman–Crippen MR) is 95.9 cm³/mol. The van der Waals surface area contributed by atoms with Gasteiger partial charge in [-0.15, -0.1) is 0 Å². The van der Waals surface area contributed by atoms with Crippen molar-refractivity contribution in [3.63, 3.8) is 0 Å². The molecule has 1 heterocycles. The highest BCUT2D eigenvalue weighted by molar-refractivity contribution is 14.1. The third kappa shape index (κ3) is 3.68. The van der Waals surface area contributed by atoms with Gasteiger partial charge in [0.2, 0.25) is 0 Å². The fourth-order valence-corrected chi connectivity index (χ4v) is 2.96. The Morgan fingerprint density at radius 2 is 1.73 bits per heavy atom. The number of halogens is 1. The zero-order valence-corrected chi connectivity index (χ0v) is 14.5. The minimum Gasteiger partial charge on any atom is -0.489 e. The summed E-state index contributed by atoms with van der Waals surface area (Å²) < 4.78 is 8.94. The van der Waals surface area contributed by atoms with Crippen LogP contribution in [0.2, 0.25) is 0 Å². The smallest absolute Gasteiger partial charge is 0.122 e. The van der Waals surface area contributed by atoms with Crippen LogP contribution in [-0.4, -0.2) is 9.55 Å². The number of aromatic nitrogens is 2. The summed E-state index contributed by atoms with van der Waals surface area (Å²) in [7, 11) is 2.03. The third-order valence-electron chi connectivity index (χ3n) is 3.55.